The molecule has 0 aromatic carbocycles. The molecule has 0 saturated heterocycles. The molecule has 1 aliphatic carbocycles. The monoisotopic (exact) mass is 252 g/mol. The van der Waals surface area contributed by atoms with Crippen molar-refractivity contribution >= 4 is 0 Å². The van der Waals surface area contributed by atoms with Crippen LogP contribution in [0.15, 0.2) is 0 Å². The van der Waals surface area contributed by atoms with Crippen LogP contribution in [0.5, 0.6) is 0 Å². The number of nitriles is 1. The van der Waals surface area contributed by atoms with Crippen molar-refractivity contribution < 1.29 is 4.74 Å². The first kappa shape index (κ1) is 15.5. The van der Waals surface area contributed by atoms with Gasteiger partial charge in [0.1, 0.15) is 5.54 Å². The summed E-state index contributed by atoms with van der Waals surface area (Å²) in [6, 6.07) is 2.55. The van der Waals surface area contributed by atoms with E-state index in [4.69, 9.17) is 4.74 Å². The van der Waals surface area contributed by atoms with Crippen LogP contribution >= 0.6 is 0 Å². The Labute approximate surface area is 112 Å². The number of hydrogen-bond acceptors (Lipinski definition) is 3. The van der Waals surface area contributed by atoms with Gasteiger partial charge in [0.2, 0.25) is 0 Å². The summed E-state index contributed by atoms with van der Waals surface area (Å²) in [4.78, 5) is 0. The third-order valence-corrected chi connectivity index (χ3v) is 4.15. The van der Waals surface area contributed by atoms with Gasteiger partial charge in [0.25, 0.3) is 0 Å². The molecule has 0 aromatic heterocycles. The van der Waals surface area contributed by atoms with Crippen molar-refractivity contribution in [3.05, 3.63) is 0 Å². The molecule has 0 aromatic rings. The maximum atomic E-state index is 9.51. The quantitative estimate of drug-likeness (QED) is 0.721. The number of rotatable bonds is 8. The smallest absolute Gasteiger partial charge is 0.109 e. The minimum atomic E-state index is -0.283. The molecule has 0 heterocycles. The molecule has 3 nitrogen and oxygen atoms in total. The molecule has 0 aliphatic heterocycles. The summed E-state index contributed by atoms with van der Waals surface area (Å²) in [5, 5.41) is 13.0. The zero-order chi connectivity index (χ0) is 13.4. The van der Waals surface area contributed by atoms with E-state index in [9.17, 15) is 5.26 Å². The Morgan fingerprint density at radius 2 is 2.28 bits per heavy atom. The molecule has 1 aliphatic rings. The molecule has 1 N–H and O–H groups in total. The van der Waals surface area contributed by atoms with Crippen LogP contribution in [0.1, 0.15) is 59.3 Å². The molecule has 0 bridgehead atoms. The zero-order valence-corrected chi connectivity index (χ0v) is 12.2. The fourth-order valence-electron chi connectivity index (χ4n) is 2.77. The summed E-state index contributed by atoms with van der Waals surface area (Å²) in [6.45, 7) is 8.13. The Morgan fingerprint density at radius 1 is 1.50 bits per heavy atom. The number of nitrogens with zero attached hydrogens (tertiary/aromatic N) is 1. The molecule has 104 valence electrons. The van der Waals surface area contributed by atoms with E-state index in [1.54, 1.807) is 0 Å². The predicted octanol–water partition coefficient (Wildman–Crippen LogP) is 3.25. The van der Waals surface area contributed by atoms with Crippen molar-refractivity contribution in [2.75, 3.05) is 13.2 Å². The molecule has 3 unspecified atom stereocenters. The molecular weight excluding hydrogens is 224 g/mol. The third-order valence-electron chi connectivity index (χ3n) is 4.15. The second kappa shape index (κ2) is 7.76. The van der Waals surface area contributed by atoms with Crippen molar-refractivity contribution in [2.45, 2.75) is 70.9 Å². The van der Waals surface area contributed by atoms with Crippen LogP contribution < -0.4 is 5.32 Å². The van der Waals surface area contributed by atoms with E-state index in [-0.39, 0.29) is 5.54 Å². The Balaban J connectivity index is 2.44. The van der Waals surface area contributed by atoms with Gasteiger partial charge in [0, 0.05) is 6.61 Å². The van der Waals surface area contributed by atoms with E-state index in [1.165, 1.54) is 0 Å². The van der Waals surface area contributed by atoms with Gasteiger partial charge in [-0.3, -0.25) is 5.32 Å². The minimum absolute atomic E-state index is 0.283. The number of hydrogen-bond donors (Lipinski definition) is 1. The summed E-state index contributed by atoms with van der Waals surface area (Å²) in [6.07, 6.45) is 6.81. The van der Waals surface area contributed by atoms with Crippen LogP contribution in [0.25, 0.3) is 0 Å². The molecule has 3 heteroatoms. The molecule has 3 atom stereocenters. The lowest BCUT2D eigenvalue weighted by Gasteiger charge is -2.30. The van der Waals surface area contributed by atoms with Gasteiger partial charge in [0.05, 0.1) is 12.2 Å². The first-order chi connectivity index (χ1) is 8.68. The van der Waals surface area contributed by atoms with Gasteiger partial charge in [-0.15, -0.1) is 0 Å². The van der Waals surface area contributed by atoms with Gasteiger partial charge in [0.15, 0.2) is 0 Å². The topological polar surface area (TPSA) is 45.0 Å². The first-order valence-corrected chi connectivity index (χ1v) is 7.46. The summed E-state index contributed by atoms with van der Waals surface area (Å²) in [5.41, 5.74) is -0.283. The summed E-state index contributed by atoms with van der Waals surface area (Å²) in [5.74, 6) is 0.457. The Hall–Kier alpha value is -0.590. The Kier molecular flexibility index (Phi) is 6.67. The third kappa shape index (κ3) is 3.96. The van der Waals surface area contributed by atoms with Gasteiger partial charge in [-0.2, -0.15) is 5.26 Å². The lowest BCUT2D eigenvalue weighted by molar-refractivity contribution is 0.0499. The second-order valence-corrected chi connectivity index (χ2v) is 5.48. The molecule has 0 radical (unpaired) electrons. The average molecular weight is 252 g/mol. The molecule has 0 amide bonds. The molecule has 1 saturated carbocycles. The maximum absolute atomic E-state index is 9.51. The molecular formula is C15H28N2O. The standard InChI is InChI=1S/C15H28N2O/c1-4-10-17-15(12-16)9-6-7-14(15)8-11-18-13(3)5-2/h13-14,17H,4-11H2,1-3H3. The fourth-order valence-corrected chi connectivity index (χ4v) is 2.77. The van der Waals surface area contributed by atoms with Crippen LogP contribution in [0.4, 0.5) is 0 Å². The van der Waals surface area contributed by atoms with E-state index < -0.39 is 0 Å². The molecule has 1 rings (SSSR count). The van der Waals surface area contributed by atoms with Gasteiger partial charge in [-0.05, 0) is 51.5 Å². The van der Waals surface area contributed by atoms with E-state index in [0.717, 1.165) is 51.7 Å². The van der Waals surface area contributed by atoms with Crippen molar-refractivity contribution in [3.63, 3.8) is 0 Å². The largest absolute Gasteiger partial charge is 0.379 e. The molecule has 1 fully saturated rings. The highest BCUT2D eigenvalue weighted by Crippen LogP contribution is 2.37. The molecule has 0 spiro atoms. The van der Waals surface area contributed by atoms with Crippen molar-refractivity contribution in [1.82, 2.24) is 5.32 Å². The van der Waals surface area contributed by atoms with E-state index in [2.05, 4.69) is 32.2 Å². The van der Waals surface area contributed by atoms with Crippen LogP contribution in [-0.4, -0.2) is 24.8 Å². The highest BCUT2D eigenvalue weighted by Gasteiger charge is 2.42. The van der Waals surface area contributed by atoms with Crippen LogP contribution in [-0.2, 0) is 4.74 Å². The van der Waals surface area contributed by atoms with Crippen molar-refractivity contribution in [3.8, 4) is 6.07 Å². The SMILES string of the molecule is CCCNC1(C#N)CCCC1CCOC(C)CC. The Morgan fingerprint density at radius 3 is 2.89 bits per heavy atom. The number of nitrogens with one attached hydrogen (secondary N) is 1. The average Bonchev–Trinajstić information content (AvgIpc) is 2.80. The summed E-state index contributed by atoms with van der Waals surface area (Å²) < 4.78 is 5.76. The van der Waals surface area contributed by atoms with Crippen LogP contribution in [0, 0.1) is 17.2 Å². The van der Waals surface area contributed by atoms with Gasteiger partial charge in [-0.1, -0.05) is 20.3 Å². The lowest BCUT2D eigenvalue weighted by Crippen LogP contribution is -2.47. The lowest BCUT2D eigenvalue weighted by atomic mass is 9.86. The van der Waals surface area contributed by atoms with Crippen LogP contribution in [0.2, 0.25) is 0 Å². The summed E-state index contributed by atoms with van der Waals surface area (Å²) in [7, 11) is 0. The number of ether oxygens (including phenoxy) is 1. The second-order valence-electron chi connectivity index (χ2n) is 5.48. The fraction of sp³-hybridized carbons (Fsp3) is 0.933. The maximum Gasteiger partial charge on any atom is 0.109 e. The molecule has 18 heavy (non-hydrogen) atoms. The first-order valence-electron chi connectivity index (χ1n) is 7.46. The van der Waals surface area contributed by atoms with E-state index >= 15 is 0 Å². The van der Waals surface area contributed by atoms with Gasteiger partial charge in [-0.25, -0.2) is 0 Å². The van der Waals surface area contributed by atoms with Crippen LogP contribution in [0.3, 0.4) is 0 Å². The summed E-state index contributed by atoms with van der Waals surface area (Å²) >= 11 is 0. The normalized spacial score (nSPS) is 29.1. The highest BCUT2D eigenvalue weighted by atomic mass is 16.5. The minimum Gasteiger partial charge on any atom is -0.379 e. The van der Waals surface area contributed by atoms with Gasteiger partial charge >= 0.3 is 0 Å². The highest BCUT2D eigenvalue weighted by molar-refractivity contribution is 5.13. The van der Waals surface area contributed by atoms with Crippen molar-refractivity contribution in [1.29, 1.82) is 5.26 Å². The van der Waals surface area contributed by atoms with E-state index in [1.807, 2.05) is 0 Å². The van der Waals surface area contributed by atoms with Gasteiger partial charge < -0.3 is 4.74 Å². The van der Waals surface area contributed by atoms with Crippen molar-refractivity contribution in [2.24, 2.45) is 5.92 Å². The Bertz CT molecular complexity index is 274. The predicted molar refractivity (Wildman–Crippen MR) is 74.3 cm³/mol. The van der Waals surface area contributed by atoms with E-state index in [0.29, 0.717) is 12.0 Å². The zero-order valence-electron chi connectivity index (χ0n) is 12.2.